The third-order valence-electron chi connectivity index (χ3n) is 7.55. The molecule has 2 heterocycles. The molecule has 6 aromatic rings. The van der Waals surface area contributed by atoms with Crippen LogP contribution in [-0.2, 0) is 21.2 Å². The number of benzene rings is 4. The van der Waals surface area contributed by atoms with Gasteiger partial charge in [-0.05, 0) is 72.0 Å². The monoisotopic (exact) mass is 756 g/mol. The maximum atomic E-state index is 13.5. The fourth-order valence-electron chi connectivity index (χ4n) is 5.07. The van der Waals surface area contributed by atoms with Crippen molar-refractivity contribution < 1.29 is 27.9 Å². The topological polar surface area (TPSA) is 148 Å². The molecule has 0 saturated carbocycles. The first-order chi connectivity index (χ1) is 24.6. The number of anilines is 1. The number of hydrogen-bond acceptors (Lipinski definition) is 9. The lowest BCUT2D eigenvalue weighted by atomic mass is 9.99. The number of carbonyl (C=O) groups excluding carboxylic acids is 1. The minimum atomic E-state index is -4.15. The molecular weight excluding hydrogens is 728 g/mol. The van der Waals surface area contributed by atoms with Crippen molar-refractivity contribution in [2.24, 2.45) is 0 Å². The Labute approximate surface area is 307 Å². The normalized spacial score (nSPS) is 11.8. The van der Waals surface area contributed by atoms with Crippen LogP contribution >= 0.6 is 34.7 Å². The van der Waals surface area contributed by atoms with Crippen LogP contribution in [0.1, 0.15) is 15.9 Å². The van der Waals surface area contributed by atoms with Gasteiger partial charge in [0.05, 0.1) is 21.8 Å². The molecule has 0 aliphatic heterocycles. The summed E-state index contributed by atoms with van der Waals surface area (Å²) in [5.74, 6) is -0.723. The molecule has 3 N–H and O–H groups in total. The zero-order valence-electron chi connectivity index (χ0n) is 26.8. The second-order valence-corrected chi connectivity index (χ2v) is 15.2. The van der Waals surface area contributed by atoms with E-state index in [2.05, 4.69) is 20.0 Å². The Morgan fingerprint density at radius 2 is 1.69 bits per heavy atom. The molecule has 0 fully saturated rings. The van der Waals surface area contributed by atoms with Crippen molar-refractivity contribution in [2.75, 3.05) is 11.0 Å². The summed E-state index contributed by atoms with van der Waals surface area (Å²) in [7, 11) is -4.15. The lowest BCUT2D eigenvalue weighted by Crippen LogP contribution is -2.42. The Morgan fingerprint density at radius 3 is 2.43 bits per heavy atom. The molecule has 0 spiro atoms. The number of nitrogens with one attached hydrogen (secondary N) is 2. The molecule has 0 aliphatic rings. The number of carboxylic acid groups (broad SMARTS) is 1. The molecule has 0 bridgehead atoms. The quantitative estimate of drug-likeness (QED) is 0.0783. The van der Waals surface area contributed by atoms with Crippen LogP contribution in [-0.4, -0.2) is 47.7 Å². The van der Waals surface area contributed by atoms with Crippen LogP contribution in [0.4, 0.5) is 5.69 Å². The third kappa shape index (κ3) is 8.75. The van der Waals surface area contributed by atoms with E-state index in [4.69, 9.17) is 16.3 Å². The van der Waals surface area contributed by atoms with E-state index in [-0.39, 0.29) is 26.9 Å². The number of nitrogens with zero attached hydrogens (tertiary/aromatic N) is 2. The third-order valence-corrected chi connectivity index (χ3v) is 11.3. The smallest absolute Gasteiger partial charge is 0.326 e. The summed E-state index contributed by atoms with van der Waals surface area (Å²) in [6.45, 7) is 0. The minimum Gasteiger partial charge on any atom is -0.480 e. The van der Waals surface area contributed by atoms with Crippen molar-refractivity contribution in [3.8, 4) is 33.2 Å². The van der Waals surface area contributed by atoms with Gasteiger partial charge in [-0.25, -0.2) is 23.2 Å². The van der Waals surface area contributed by atoms with Gasteiger partial charge in [-0.2, -0.15) is 0 Å². The maximum Gasteiger partial charge on any atom is 0.326 e. The average Bonchev–Trinajstić information content (AvgIpc) is 3.65. The number of aliphatic carboxylic acids is 1. The highest BCUT2D eigenvalue weighted by Crippen LogP contribution is 2.34. The molecule has 1 atom stereocenters. The molecule has 1 amide bonds. The minimum absolute atomic E-state index is 0.00997. The van der Waals surface area contributed by atoms with E-state index in [9.17, 15) is 23.1 Å². The molecule has 0 radical (unpaired) electrons. The zero-order valence-corrected chi connectivity index (χ0v) is 30.0. The molecule has 258 valence electrons. The molecule has 14 heteroatoms. The van der Waals surface area contributed by atoms with E-state index < -0.39 is 27.9 Å². The first-order valence-electron chi connectivity index (χ1n) is 15.3. The molecule has 0 aliphatic carbocycles. The van der Waals surface area contributed by atoms with Crippen LogP contribution in [0.15, 0.2) is 131 Å². The molecule has 2 aromatic heterocycles. The summed E-state index contributed by atoms with van der Waals surface area (Å²) < 4.78 is 35.4. The number of thioether (sulfide) groups is 1. The average molecular weight is 757 g/mol. The Hall–Kier alpha value is -5.21. The molecule has 4 aromatic carbocycles. The second kappa shape index (κ2) is 15.8. The Bertz CT molecular complexity index is 2300. The molecule has 1 unspecified atom stereocenters. The highest BCUT2D eigenvalue weighted by molar-refractivity contribution is 7.98. The standard InChI is InChI=1S/C37H29ClN4O6S3/c1-49-37-39-20-19-30(41-37)33-17-18-34(50-33)51(46,47)42-29-16-15-25(38)22-28(29)35(43)40-31(36(44)45)21-23-11-13-24(14-12-23)27-9-5-6-10-32(27)48-26-7-3-2-4-8-26/h2-20,22,31,42H,21H2,1H3,(H,40,43)(H,44,45). The van der Waals surface area contributed by atoms with Crippen LogP contribution in [0, 0.1) is 0 Å². The maximum absolute atomic E-state index is 13.5. The summed E-state index contributed by atoms with van der Waals surface area (Å²) >= 11 is 8.57. The number of thiophene rings is 1. The van der Waals surface area contributed by atoms with E-state index in [1.807, 2.05) is 73.0 Å². The first kappa shape index (κ1) is 35.6. The SMILES string of the molecule is CSc1nccc(-c2ccc(S(=O)(=O)Nc3ccc(Cl)cc3C(=O)NC(Cc3ccc(-c4ccccc4Oc4ccccc4)cc3)C(=O)O)s2)n1. The van der Waals surface area contributed by atoms with E-state index in [0.29, 0.717) is 32.8 Å². The number of rotatable bonds is 13. The zero-order chi connectivity index (χ0) is 36.0. The number of carboxylic acids is 1. The van der Waals surface area contributed by atoms with Crippen LogP contribution in [0.3, 0.4) is 0 Å². The number of ether oxygens (including phenoxy) is 1. The van der Waals surface area contributed by atoms with E-state index in [0.717, 1.165) is 22.5 Å². The number of hydrogen-bond donors (Lipinski definition) is 3. The Morgan fingerprint density at radius 1 is 0.941 bits per heavy atom. The van der Waals surface area contributed by atoms with Crippen LogP contribution in [0.5, 0.6) is 11.5 Å². The van der Waals surface area contributed by atoms with Gasteiger partial charge in [-0.15, -0.1) is 11.3 Å². The number of para-hydroxylation sites is 2. The van der Waals surface area contributed by atoms with Crippen molar-refractivity contribution >= 4 is 62.3 Å². The Kier molecular flexibility index (Phi) is 11.0. The highest BCUT2D eigenvalue weighted by atomic mass is 35.5. The number of sulfonamides is 1. The highest BCUT2D eigenvalue weighted by Gasteiger charge is 2.26. The summed E-state index contributed by atoms with van der Waals surface area (Å²) in [5, 5.41) is 13.3. The van der Waals surface area contributed by atoms with E-state index in [1.165, 1.54) is 36.0 Å². The molecule has 6 rings (SSSR count). The van der Waals surface area contributed by atoms with Gasteiger partial charge in [0.1, 0.15) is 21.8 Å². The predicted molar refractivity (Wildman–Crippen MR) is 200 cm³/mol. The van der Waals surface area contributed by atoms with Gasteiger partial charge in [0.25, 0.3) is 15.9 Å². The fourth-order valence-corrected chi connectivity index (χ4v) is 7.95. The summed E-state index contributed by atoms with van der Waals surface area (Å²) in [6.07, 6.45) is 3.40. The molecule has 0 saturated heterocycles. The van der Waals surface area contributed by atoms with E-state index in [1.54, 1.807) is 30.5 Å². The summed E-state index contributed by atoms with van der Waals surface area (Å²) in [4.78, 5) is 35.0. The van der Waals surface area contributed by atoms with Gasteiger partial charge in [0, 0.05) is 23.2 Å². The van der Waals surface area contributed by atoms with Crippen LogP contribution in [0.2, 0.25) is 5.02 Å². The molecular formula is C37H29ClN4O6S3. The van der Waals surface area contributed by atoms with Crippen molar-refractivity contribution in [1.29, 1.82) is 0 Å². The van der Waals surface area contributed by atoms with Gasteiger partial charge < -0.3 is 15.2 Å². The van der Waals surface area contributed by atoms with Gasteiger partial charge in [-0.3, -0.25) is 9.52 Å². The molecule has 51 heavy (non-hydrogen) atoms. The van der Waals surface area contributed by atoms with Crippen molar-refractivity contribution in [3.05, 3.63) is 138 Å². The largest absolute Gasteiger partial charge is 0.480 e. The molecule has 10 nitrogen and oxygen atoms in total. The fraction of sp³-hybridized carbons (Fsp3) is 0.0811. The van der Waals surface area contributed by atoms with Gasteiger partial charge >= 0.3 is 5.97 Å². The van der Waals surface area contributed by atoms with Gasteiger partial charge in [-0.1, -0.05) is 84.0 Å². The van der Waals surface area contributed by atoms with Crippen LogP contribution < -0.4 is 14.8 Å². The van der Waals surface area contributed by atoms with E-state index >= 15 is 0 Å². The number of halogens is 1. The van der Waals surface area contributed by atoms with Gasteiger partial charge in [0.15, 0.2) is 5.16 Å². The van der Waals surface area contributed by atoms with Crippen molar-refractivity contribution in [3.63, 3.8) is 0 Å². The van der Waals surface area contributed by atoms with Crippen molar-refractivity contribution in [1.82, 2.24) is 15.3 Å². The summed E-state index contributed by atoms with van der Waals surface area (Å²) in [6, 6.07) is 31.8. The Balaban J connectivity index is 1.17. The lowest BCUT2D eigenvalue weighted by Gasteiger charge is -2.17. The predicted octanol–water partition coefficient (Wildman–Crippen LogP) is 8.27. The number of amides is 1. The van der Waals surface area contributed by atoms with Crippen LogP contribution in [0.25, 0.3) is 21.7 Å². The first-order valence-corrected chi connectivity index (χ1v) is 19.2. The summed E-state index contributed by atoms with van der Waals surface area (Å²) in [5.41, 5.74) is 2.73. The van der Waals surface area contributed by atoms with Gasteiger partial charge in [0.2, 0.25) is 0 Å². The lowest BCUT2D eigenvalue weighted by molar-refractivity contribution is -0.139. The number of carbonyl (C=O) groups is 2. The number of aromatic nitrogens is 2. The second-order valence-electron chi connectivity index (χ2n) is 11.0. The van der Waals surface area contributed by atoms with Crippen molar-refractivity contribution in [2.45, 2.75) is 21.8 Å².